The Kier molecular flexibility index (Phi) is 8.59. The van der Waals surface area contributed by atoms with Crippen LogP contribution in [0.1, 0.15) is 31.6 Å². The third-order valence-corrected chi connectivity index (χ3v) is 4.66. The van der Waals surface area contributed by atoms with E-state index >= 15 is 0 Å². The van der Waals surface area contributed by atoms with E-state index in [0.29, 0.717) is 12.5 Å². The van der Waals surface area contributed by atoms with E-state index < -0.39 is 0 Å². The highest BCUT2D eigenvalue weighted by molar-refractivity contribution is 7.98. The van der Waals surface area contributed by atoms with Crippen molar-refractivity contribution < 1.29 is 4.79 Å². The highest BCUT2D eigenvalue weighted by atomic mass is 35.5. The van der Waals surface area contributed by atoms with Crippen LogP contribution in [-0.4, -0.2) is 55.7 Å². The number of amides is 1. The highest BCUT2D eigenvalue weighted by Gasteiger charge is 2.18. The molecule has 0 radical (unpaired) electrons. The molecule has 0 aliphatic rings. The molecule has 0 aromatic heterocycles. The molecule has 0 aliphatic heterocycles. The van der Waals surface area contributed by atoms with Crippen molar-refractivity contribution in [1.82, 2.24) is 15.5 Å². The maximum Gasteiger partial charge on any atom is 0.240 e. The van der Waals surface area contributed by atoms with E-state index in [1.54, 1.807) is 18.8 Å². The Morgan fingerprint density at radius 3 is 2.60 bits per heavy atom. The van der Waals surface area contributed by atoms with Gasteiger partial charge < -0.3 is 15.5 Å². The molecule has 7 heteroatoms. The molecule has 0 aliphatic carbocycles. The molecule has 0 heterocycles. The minimum Gasteiger partial charge on any atom is -0.355 e. The summed E-state index contributed by atoms with van der Waals surface area (Å²) in [5.41, 5.74) is 0.918. The van der Waals surface area contributed by atoms with E-state index in [2.05, 4.69) is 27.9 Å². The highest BCUT2D eigenvalue weighted by Crippen LogP contribution is 2.27. The molecule has 1 aromatic carbocycles. The van der Waals surface area contributed by atoms with Crippen LogP contribution in [0.5, 0.6) is 0 Å². The quantitative estimate of drug-likeness (QED) is 0.584. The van der Waals surface area contributed by atoms with Gasteiger partial charge in [-0.1, -0.05) is 23.7 Å². The molecule has 25 heavy (non-hydrogen) atoms. The van der Waals surface area contributed by atoms with Crippen LogP contribution in [0.3, 0.4) is 0 Å². The first-order valence-electron chi connectivity index (χ1n) is 8.17. The Morgan fingerprint density at radius 2 is 2.08 bits per heavy atom. The summed E-state index contributed by atoms with van der Waals surface area (Å²) in [6.45, 7) is 6.83. The molecule has 0 fully saturated rings. The van der Waals surface area contributed by atoms with Crippen molar-refractivity contribution in [3.05, 3.63) is 34.9 Å². The Hall–Kier alpha value is -1.40. The van der Waals surface area contributed by atoms with Gasteiger partial charge in [0.05, 0.1) is 6.54 Å². The number of guanidine groups is 1. The third-order valence-electron chi connectivity index (χ3n) is 3.42. The first-order valence-corrected chi connectivity index (χ1v) is 9.84. The number of halogens is 1. The molecule has 1 unspecified atom stereocenters. The molecule has 140 valence electrons. The lowest BCUT2D eigenvalue weighted by Crippen LogP contribution is -2.49. The van der Waals surface area contributed by atoms with Crippen LogP contribution < -0.4 is 10.6 Å². The van der Waals surface area contributed by atoms with Gasteiger partial charge in [0.25, 0.3) is 0 Å². The molecule has 0 spiro atoms. The first kappa shape index (κ1) is 21.6. The lowest BCUT2D eigenvalue weighted by atomic mass is 10.1. The number of rotatable bonds is 6. The van der Waals surface area contributed by atoms with E-state index in [1.165, 1.54) is 0 Å². The van der Waals surface area contributed by atoms with Gasteiger partial charge in [0.2, 0.25) is 5.91 Å². The number of nitrogens with one attached hydrogen (secondary N) is 2. The Labute approximate surface area is 160 Å². The Balaban J connectivity index is 2.64. The zero-order valence-corrected chi connectivity index (χ0v) is 17.5. The molecular weight excluding hydrogens is 356 g/mol. The monoisotopic (exact) mass is 384 g/mol. The first-order chi connectivity index (χ1) is 11.7. The molecule has 0 bridgehead atoms. The standard InChI is InChI=1S/C18H29ClN4OS/c1-18(2,3)22-16(24)12-23(5)17(20-4)21-11-15(25-6)13-8-7-9-14(19)10-13/h7-10,15H,11-12H2,1-6H3,(H,20,21)(H,22,24). The normalized spacial score (nSPS) is 13.3. The molecule has 1 aromatic rings. The maximum absolute atomic E-state index is 12.1. The average Bonchev–Trinajstić information content (AvgIpc) is 2.49. The summed E-state index contributed by atoms with van der Waals surface area (Å²) < 4.78 is 0. The summed E-state index contributed by atoms with van der Waals surface area (Å²) in [4.78, 5) is 18.2. The number of carbonyl (C=O) groups is 1. The molecule has 1 atom stereocenters. The number of thioether (sulfide) groups is 1. The molecule has 1 amide bonds. The van der Waals surface area contributed by atoms with Gasteiger partial charge in [-0.05, 0) is 44.7 Å². The van der Waals surface area contributed by atoms with E-state index in [4.69, 9.17) is 11.6 Å². The van der Waals surface area contributed by atoms with Crippen molar-refractivity contribution in [2.45, 2.75) is 31.6 Å². The van der Waals surface area contributed by atoms with Gasteiger partial charge in [-0.3, -0.25) is 9.79 Å². The van der Waals surface area contributed by atoms with Gasteiger partial charge in [0.15, 0.2) is 5.96 Å². The third kappa shape index (κ3) is 8.01. The fourth-order valence-electron chi connectivity index (χ4n) is 2.36. The van der Waals surface area contributed by atoms with Crippen LogP contribution in [0.15, 0.2) is 29.3 Å². The van der Waals surface area contributed by atoms with Gasteiger partial charge in [-0.25, -0.2) is 0 Å². The fraction of sp³-hybridized carbons (Fsp3) is 0.556. The number of carbonyl (C=O) groups excluding carboxylic acids is 1. The zero-order chi connectivity index (χ0) is 19.0. The van der Waals surface area contributed by atoms with E-state index in [1.807, 2.05) is 50.9 Å². The predicted octanol–water partition coefficient (Wildman–Crippen LogP) is 3.17. The topological polar surface area (TPSA) is 56.7 Å². The summed E-state index contributed by atoms with van der Waals surface area (Å²) in [5, 5.41) is 7.27. The predicted molar refractivity (Wildman–Crippen MR) is 110 cm³/mol. The Bertz CT molecular complexity index is 601. The molecule has 1 rings (SSSR count). The fourth-order valence-corrected chi connectivity index (χ4v) is 3.23. The van der Waals surface area contributed by atoms with Crippen molar-refractivity contribution in [2.24, 2.45) is 4.99 Å². The summed E-state index contributed by atoms with van der Waals surface area (Å²) >= 11 is 7.83. The summed E-state index contributed by atoms with van der Waals surface area (Å²) in [6.07, 6.45) is 2.07. The van der Waals surface area contributed by atoms with Crippen molar-refractivity contribution >= 4 is 35.2 Å². The van der Waals surface area contributed by atoms with Crippen molar-refractivity contribution in [3.8, 4) is 0 Å². The van der Waals surface area contributed by atoms with Gasteiger partial charge >= 0.3 is 0 Å². The molecular formula is C18H29ClN4OS. The lowest BCUT2D eigenvalue weighted by Gasteiger charge is -2.26. The van der Waals surface area contributed by atoms with Crippen LogP contribution in [0.2, 0.25) is 5.02 Å². The number of aliphatic imine (C=N–C) groups is 1. The van der Waals surface area contributed by atoms with Crippen LogP contribution >= 0.6 is 23.4 Å². The van der Waals surface area contributed by atoms with Crippen molar-refractivity contribution in [2.75, 3.05) is 33.4 Å². The van der Waals surface area contributed by atoms with Crippen molar-refractivity contribution in [1.29, 1.82) is 0 Å². The van der Waals surface area contributed by atoms with Gasteiger partial charge in [-0.2, -0.15) is 11.8 Å². The molecule has 0 saturated heterocycles. The van der Waals surface area contributed by atoms with Crippen LogP contribution in [-0.2, 0) is 4.79 Å². The SMILES string of the molecule is CN=C(NCC(SC)c1cccc(Cl)c1)N(C)CC(=O)NC(C)(C)C. The van der Waals surface area contributed by atoms with E-state index in [9.17, 15) is 4.79 Å². The van der Waals surface area contributed by atoms with Gasteiger partial charge in [0.1, 0.15) is 0 Å². The molecule has 0 saturated carbocycles. The minimum atomic E-state index is -0.245. The summed E-state index contributed by atoms with van der Waals surface area (Å²) in [6, 6.07) is 7.88. The summed E-state index contributed by atoms with van der Waals surface area (Å²) in [5.74, 6) is 0.652. The van der Waals surface area contributed by atoms with E-state index in [0.717, 1.165) is 10.6 Å². The second-order valence-corrected chi connectivity index (χ2v) is 8.34. The van der Waals surface area contributed by atoms with Crippen molar-refractivity contribution in [3.63, 3.8) is 0 Å². The number of likely N-dealkylation sites (N-methyl/N-ethyl adjacent to an activating group) is 1. The smallest absolute Gasteiger partial charge is 0.240 e. The number of nitrogens with zero attached hydrogens (tertiary/aromatic N) is 2. The minimum absolute atomic E-state index is 0.0331. The number of hydrogen-bond donors (Lipinski definition) is 2. The Morgan fingerprint density at radius 1 is 1.40 bits per heavy atom. The number of benzene rings is 1. The van der Waals surface area contributed by atoms with E-state index in [-0.39, 0.29) is 23.2 Å². The zero-order valence-electron chi connectivity index (χ0n) is 15.9. The van der Waals surface area contributed by atoms with Gasteiger partial charge in [-0.15, -0.1) is 0 Å². The lowest BCUT2D eigenvalue weighted by molar-refractivity contribution is -0.122. The number of hydrogen-bond acceptors (Lipinski definition) is 3. The maximum atomic E-state index is 12.1. The van der Waals surface area contributed by atoms with Gasteiger partial charge in [0, 0.05) is 36.5 Å². The molecule has 5 nitrogen and oxygen atoms in total. The average molecular weight is 385 g/mol. The van der Waals surface area contributed by atoms with Crippen LogP contribution in [0.4, 0.5) is 0 Å². The largest absolute Gasteiger partial charge is 0.355 e. The molecule has 2 N–H and O–H groups in total. The second kappa shape index (κ2) is 9.92. The second-order valence-electron chi connectivity index (χ2n) is 6.86. The summed E-state index contributed by atoms with van der Waals surface area (Å²) in [7, 11) is 3.57. The van der Waals surface area contributed by atoms with Crippen LogP contribution in [0.25, 0.3) is 0 Å². The van der Waals surface area contributed by atoms with Crippen LogP contribution in [0, 0.1) is 0 Å².